The molecule has 0 bridgehead atoms. The number of benzene rings is 1. The van der Waals surface area contributed by atoms with Crippen molar-refractivity contribution in [2.24, 2.45) is 5.92 Å². The van der Waals surface area contributed by atoms with E-state index in [1.807, 2.05) is 32.0 Å². The topological polar surface area (TPSA) is 55.8 Å². The van der Waals surface area contributed by atoms with E-state index in [2.05, 4.69) is 37.3 Å². The smallest absolute Gasteiger partial charge is 0.306 e. The van der Waals surface area contributed by atoms with Crippen LogP contribution in [-0.4, -0.2) is 22.8 Å². The molecule has 3 atom stereocenters. The number of hydrogen-bond acceptors (Lipinski definition) is 3. The van der Waals surface area contributed by atoms with Crippen LogP contribution < -0.4 is 0 Å². The molecule has 0 spiro atoms. The van der Waals surface area contributed by atoms with Crippen molar-refractivity contribution in [2.75, 3.05) is 0 Å². The third-order valence-electron chi connectivity index (χ3n) is 4.50. The van der Waals surface area contributed by atoms with Crippen molar-refractivity contribution in [1.82, 2.24) is 0 Å². The molecular weight excluding hydrogens is 316 g/mol. The molecule has 1 aliphatic heterocycles. The second-order valence-corrected chi connectivity index (χ2v) is 7.25. The average molecular weight is 344 g/mol. The normalized spacial score (nSPS) is 27.6. The van der Waals surface area contributed by atoms with Crippen LogP contribution in [0.3, 0.4) is 0 Å². The summed E-state index contributed by atoms with van der Waals surface area (Å²) in [6, 6.07) is 10.3. The van der Waals surface area contributed by atoms with E-state index in [-0.39, 0.29) is 18.4 Å². The molecule has 4 heteroatoms. The Morgan fingerprint density at radius 1 is 1.36 bits per heavy atom. The van der Waals surface area contributed by atoms with E-state index in [0.29, 0.717) is 0 Å². The van der Waals surface area contributed by atoms with Crippen molar-refractivity contribution in [3.63, 3.8) is 0 Å². The van der Waals surface area contributed by atoms with Gasteiger partial charge in [-0.25, -0.2) is 9.78 Å². The quantitative estimate of drug-likeness (QED) is 0.575. The molecule has 0 amide bonds. The third-order valence-corrected chi connectivity index (χ3v) is 4.50. The fourth-order valence-electron chi connectivity index (χ4n) is 3.33. The molecular formula is C21H28O4. The standard InChI is InChI=1S/C21H28O4/c1-16(9-7-8-12-18-10-5-4-6-11-18)14-21(3)15-17(2)19(24-25-21)13-20(22)23/h4-11,17,19H,12-15H2,1-3H3,(H,22,23). The van der Waals surface area contributed by atoms with Crippen LogP contribution in [0, 0.1) is 5.92 Å². The van der Waals surface area contributed by atoms with Crippen molar-refractivity contribution < 1.29 is 19.7 Å². The van der Waals surface area contributed by atoms with Crippen molar-refractivity contribution in [3.8, 4) is 0 Å². The molecule has 1 aromatic rings. The van der Waals surface area contributed by atoms with Crippen LogP contribution >= 0.6 is 0 Å². The molecule has 1 fully saturated rings. The summed E-state index contributed by atoms with van der Waals surface area (Å²) < 4.78 is 0. The fourth-order valence-corrected chi connectivity index (χ4v) is 3.33. The number of carboxylic acid groups (broad SMARTS) is 1. The van der Waals surface area contributed by atoms with Gasteiger partial charge in [-0.15, -0.1) is 0 Å². The van der Waals surface area contributed by atoms with E-state index in [1.54, 1.807) is 0 Å². The van der Waals surface area contributed by atoms with Crippen molar-refractivity contribution in [3.05, 3.63) is 59.7 Å². The fraction of sp³-hybridized carbons (Fsp3) is 0.476. The van der Waals surface area contributed by atoms with Crippen LogP contribution in [0.25, 0.3) is 0 Å². The van der Waals surface area contributed by atoms with Gasteiger partial charge in [-0.3, -0.25) is 4.79 Å². The summed E-state index contributed by atoms with van der Waals surface area (Å²) in [5.41, 5.74) is 2.08. The zero-order chi connectivity index (χ0) is 18.3. The van der Waals surface area contributed by atoms with Gasteiger partial charge in [0.05, 0.1) is 6.42 Å². The molecule has 0 radical (unpaired) electrons. The Hall–Kier alpha value is -1.91. The Morgan fingerprint density at radius 3 is 2.72 bits per heavy atom. The first-order valence-corrected chi connectivity index (χ1v) is 8.80. The molecule has 25 heavy (non-hydrogen) atoms. The summed E-state index contributed by atoms with van der Waals surface area (Å²) >= 11 is 0. The van der Waals surface area contributed by atoms with E-state index in [9.17, 15) is 4.79 Å². The first-order valence-electron chi connectivity index (χ1n) is 8.80. The lowest BCUT2D eigenvalue weighted by Crippen LogP contribution is -2.43. The molecule has 0 aliphatic carbocycles. The number of aliphatic carboxylic acids is 1. The summed E-state index contributed by atoms with van der Waals surface area (Å²) in [4.78, 5) is 21.8. The van der Waals surface area contributed by atoms with Gasteiger partial charge in [-0.2, -0.15) is 0 Å². The predicted octanol–water partition coefficient (Wildman–Crippen LogP) is 4.71. The molecule has 1 aliphatic rings. The Bertz CT molecular complexity index is 620. The highest BCUT2D eigenvalue weighted by molar-refractivity contribution is 5.67. The summed E-state index contributed by atoms with van der Waals surface area (Å²) in [5, 5.41) is 8.91. The van der Waals surface area contributed by atoms with E-state index < -0.39 is 11.6 Å². The first-order chi connectivity index (χ1) is 11.9. The maximum Gasteiger partial charge on any atom is 0.306 e. The minimum atomic E-state index is -0.858. The number of allylic oxidation sites excluding steroid dienone is 3. The highest BCUT2D eigenvalue weighted by atomic mass is 17.2. The lowest BCUT2D eigenvalue weighted by molar-refractivity contribution is -0.415. The van der Waals surface area contributed by atoms with Crippen LogP contribution in [0.2, 0.25) is 0 Å². The van der Waals surface area contributed by atoms with Gasteiger partial charge in [-0.1, -0.05) is 61.1 Å². The summed E-state index contributed by atoms with van der Waals surface area (Å²) in [6.07, 6.45) is 8.38. The summed E-state index contributed by atoms with van der Waals surface area (Å²) in [5.74, 6) is -0.708. The first kappa shape index (κ1) is 19.4. The predicted molar refractivity (Wildman–Crippen MR) is 98.1 cm³/mol. The Morgan fingerprint density at radius 2 is 2.08 bits per heavy atom. The van der Waals surface area contributed by atoms with Gasteiger partial charge in [0.25, 0.3) is 0 Å². The second kappa shape index (κ2) is 8.97. The lowest BCUT2D eigenvalue weighted by atomic mass is 9.83. The molecule has 136 valence electrons. The highest BCUT2D eigenvalue weighted by Crippen LogP contribution is 2.36. The molecule has 0 aromatic heterocycles. The van der Waals surface area contributed by atoms with E-state index in [1.165, 1.54) is 11.1 Å². The van der Waals surface area contributed by atoms with E-state index >= 15 is 0 Å². The molecule has 2 rings (SSSR count). The number of hydrogen-bond donors (Lipinski definition) is 1. The highest BCUT2D eigenvalue weighted by Gasteiger charge is 2.39. The van der Waals surface area contributed by atoms with Crippen LogP contribution in [0.1, 0.15) is 45.6 Å². The molecule has 3 unspecified atom stereocenters. The van der Waals surface area contributed by atoms with Gasteiger partial charge in [-0.05, 0) is 38.2 Å². The van der Waals surface area contributed by atoms with E-state index in [4.69, 9.17) is 14.9 Å². The second-order valence-electron chi connectivity index (χ2n) is 7.25. The number of carbonyl (C=O) groups is 1. The largest absolute Gasteiger partial charge is 0.481 e. The molecule has 4 nitrogen and oxygen atoms in total. The monoisotopic (exact) mass is 344 g/mol. The van der Waals surface area contributed by atoms with Gasteiger partial charge in [0.15, 0.2) is 0 Å². The summed E-state index contributed by atoms with van der Waals surface area (Å²) in [7, 11) is 0. The van der Waals surface area contributed by atoms with Crippen molar-refractivity contribution >= 4 is 5.97 Å². The Balaban J connectivity index is 1.84. The summed E-state index contributed by atoms with van der Waals surface area (Å²) in [6.45, 7) is 6.12. The van der Waals surface area contributed by atoms with Gasteiger partial charge in [0.1, 0.15) is 11.7 Å². The van der Waals surface area contributed by atoms with Crippen molar-refractivity contribution in [2.45, 2.75) is 58.2 Å². The zero-order valence-electron chi connectivity index (χ0n) is 15.3. The molecule has 1 N–H and O–H groups in total. The molecule has 1 heterocycles. The lowest BCUT2D eigenvalue weighted by Gasteiger charge is -2.39. The number of rotatable bonds is 7. The SMILES string of the molecule is CC(=CC=CCc1ccccc1)CC1(C)CC(C)C(CC(=O)O)OO1. The number of carboxylic acids is 1. The van der Waals surface area contributed by atoms with Gasteiger partial charge < -0.3 is 5.11 Å². The van der Waals surface area contributed by atoms with Crippen LogP contribution in [0.4, 0.5) is 0 Å². The minimum absolute atomic E-state index is 0.0196. The molecule has 0 saturated carbocycles. The van der Waals surface area contributed by atoms with Crippen LogP contribution in [-0.2, 0) is 21.0 Å². The Kier molecular flexibility index (Phi) is 6.97. The van der Waals surface area contributed by atoms with Crippen molar-refractivity contribution in [1.29, 1.82) is 0 Å². The van der Waals surface area contributed by atoms with Crippen LogP contribution in [0.15, 0.2) is 54.1 Å². The zero-order valence-corrected chi connectivity index (χ0v) is 15.3. The molecule has 1 aromatic carbocycles. The van der Waals surface area contributed by atoms with Gasteiger partial charge in [0.2, 0.25) is 0 Å². The molecule has 1 saturated heterocycles. The average Bonchev–Trinajstić information content (AvgIpc) is 2.55. The van der Waals surface area contributed by atoms with Gasteiger partial charge in [0, 0.05) is 6.42 Å². The van der Waals surface area contributed by atoms with Crippen LogP contribution in [0.5, 0.6) is 0 Å². The Labute approximate surface area is 150 Å². The van der Waals surface area contributed by atoms with Gasteiger partial charge >= 0.3 is 5.97 Å². The van der Waals surface area contributed by atoms with E-state index in [0.717, 1.165) is 19.3 Å². The third kappa shape index (κ3) is 6.48. The maximum absolute atomic E-state index is 10.8. The minimum Gasteiger partial charge on any atom is -0.481 e. The maximum atomic E-state index is 10.8.